The van der Waals surface area contributed by atoms with Crippen molar-refractivity contribution in [3.05, 3.63) is 57.8 Å². The topological polar surface area (TPSA) is 91.3 Å². The van der Waals surface area contributed by atoms with Gasteiger partial charge in [0, 0.05) is 11.8 Å². The normalized spacial score (nSPS) is 10.3. The van der Waals surface area contributed by atoms with Crippen molar-refractivity contribution in [3.63, 3.8) is 0 Å². The first-order valence-corrected chi connectivity index (χ1v) is 6.18. The number of pyridine rings is 1. The summed E-state index contributed by atoms with van der Waals surface area (Å²) < 4.78 is 5.51. The molecule has 1 aromatic carbocycles. The number of benzene rings is 1. The van der Waals surface area contributed by atoms with E-state index >= 15 is 0 Å². The van der Waals surface area contributed by atoms with Gasteiger partial charge < -0.3 is 10.5 Å². The Morgan fingerprint density at radius 1 is 1.35 bits per heavy atom. The number of aromatic nitrogens is 1. The molecule has 0 aliphatic heterocycles. The SMILES string of the molecule is Cc1cnc(Oc2ccc(CCN)cc2)cc1[N+](=O)[O-]. The van der Waals surface area contributed by atoms with E-state index in [1.54, 1.807) is 19.1 Å². The van der Waals surface area contributed by atoms with Crippen molar-refractivity contribution >= 4 is 5.69 Å². The summed E-state index contributed by atoms with van der Waals surface area (Å²) in [6, 6.07) is 8.72. The molecular weight excluding hydrogens is 258 g/mol. The molecule has 1 heterocycles. The zero-order valence-corrected chi connectivity index (χ0v) is 11.1. The minimum Gasteiger partial charge on any atom is -0.439 e. The molecule has 0 spiro atoms. The molecule has 0 saturated heterocycles. The molecule has 0 saturated carbocycles. The maximum Gasteiger partial charge on any atom is 0.279 e. The number of rotatable bonds is 5. The van der Waals surface area contributed by atoms with Gasteiger partial charge in [-0.3, -0.25) is 10.1 Å². The zero-order valence-electron chi connectivity index (χ0n) is 11.1. The lowest BCUT2D eigenvalue weighted by Gasteiger charge is -2.06. The van der Waals surface area contributed by atoms with Crippen LogP contribution in [0.1, 0.15) is 11.1 Å². The third-order valence-corrected chi connectivity index (χ3v) is 2.83. The van der Waals surface area contributed by atoms with Gasteiger partial charge in [0.05, 0.1) is 11.0 Å². The number of hydrogen-bond donors (Lipinski definition) is 1. The predicted molar refractivity (Wildman–Crippen MR) is 74.9 cm³/mol. The van der Waals surface area contributed by atoms with E-state index in [-0.39, 0.29) is 11.6 Å². The van der Waals surface area contributed by atoms with Crippen LogP contribution in [0, 0.1) is 17.0 Å². The molecule has 0 aliphatic carbocycles. The summed E-state index contributed by atoms with van der Waals surface area (Å²) in [5, 5.41) is 10.9. The van der Waals surface area contributed by atoms with Crippen molar-refractivity contribution in [2.24, 2.45) is 5.73 Å². The summed E-state index contributed by atoms with van der Waals surface area (Å²) in [7, 11) is 0. The summed E-state index contributed by atoms with van der Waals surface area (Å²) in [6.45, 7) is 2.22. The van der Waals surface area contributed by atoms with Gasteiger partial charge in [0.15, 0.2) is 0 Å². The summed E-state index contributed by atoms with van der Waals surface area (Å²) in [4.78, 5) is 14.4. The van der Waals surface area contributed by atoms with Crippen LogP contribution in [-0.4, -0.2) is 16.5 Å². The molecule has 104 valence electrons. The van der Waals surface area contributed by atoms with Crippen LogP contribution in [-0.2, 0) is 6.42 Å². The van der Waals surface area contributed by atoms with E-state index < -0.39 is 4.92 Å². The highest BCUT2D eigenvalue weighted by Crippen LogP contribution is 2.25. The molecule has 1 aromatic heterocycles. The highest BCUT2D eigenvalue weighted by atomic mass is 16.6. The van der Waals surface area contributed by atoms with E-state index in [9.17, 15) is 10.1 Å². The van der Waals surface area contributed by atoms with Crippen molar-refractivity contribution < 1.29 is 9.66 Å². The minimum absolute atomic E-state index is 0.00486. The highest BCUT2D eigenvalue weighted by Gasteiger charge is 2.13. The molecule has 6 nitrogen and oxygen atoms in total. The molecule has 0 aliphatic rings. The molecular formula is C14H15N3O3. The van der Waals surface area contributed by atoms with Crippen LogP contribution >= 0.6 is 0 Å². The average molecular weight is 273 g/mol. The number of nitrogens with zero attached hydrogens (tertiary/aromatic N) is 2. The maximum atomic E-state index is 10.9. The van der Waals surface area contributed by atoms with Crippen LogP contribution in [0.25, 0.3) is 0 Å². The summed E-state index contributed by atoms with van der Waals surface area (Å²) >= 11 is 0. The van der Waals surface area contributed by atoms with E-state index in [4.69, 9.17) is 10.5 Å². The number of aryl methyl sites for hydroxylation is 1. The predicted octanol–water partition coefficient (Wildman–Crippen LogP) is 2.59. The monoisotopic (exact) mass is 273 g/mol. The van der Waals surface area contributed by atoms with E-state index in [1.165, 1.54) is 12.3 Å². The van der Waals surface area contributed by atoms with Crippen molar-refractivity contribution in [1.82, 2.24) is 4.98 Å². The second-order valence-electron chi connectivity index (χ2n) is 4.35. The Bertz CT molecular complexity index is 612. The lowest BCUT2D eigenvalue weighted by atomic mass is 10.1. The molecule has 20 heavy (non-hydrogen) atoms. The fraction of sp³-hybridized carbons (Fsp3) is 0.214. The molecule has 0 amide bonds. The fourth-order valence-electron chi connectivity index (χ4n) is 1.76. The van der Waals surface area contributed by atoms with Gasteiger partial charge in [-0.25, -0.2) is 4.98 Å². The molecule has 2 N–H and O–H groups in total. The van der Waals surface area contributed by atoms with Gasteiger partial charge in [0.1, 0.15) is 5.75 Å². The van der Waals surface area contributed by atoms with E-state index in [0.29, 0.717) is 17.9 Å². The number of hydrogen-bond acceptors (Lipinski definition) is 5. The van der Waals surface area contributed by atoms with Gasteiger partial charge in [0.2, 0.25) is 5.88 Å². The van der Waals surface area contributed by atoms with E-state index in [2.05, 4.69) is 4.98 Å². The Hall–Kier alpha value is -2.47. The zero-order chi connectivity index (χ0) is 14.5. The van der Waals surface area contributed by atoms with Crippen molar-refractivity contribution in [3.8, 4) is 11.6 Å². The molecule has 2 rings (SSSR count). The van der Waals surface area contributed by atoms with Gasteiger partial charge >= 0.3 is 0 Å². The number of ether oxygens (including phenoxy) is 1. The lowest BCUT2D eigenvalue weighted by Crippen LogP contribution is -2.02. The Labute approximate surface area is 116 Å². The highest BCUT2D eigenvalue weighted by molar-refractivity contribution is 5.42. The third-order valence-electron chi connectivity index (χ3n) is 2.83. The van der Waals surface area contributed by atoms with Crippen LogP contribution in [0.2, 0.25) is 0 Å². The first kappa shape index (κ1) is 14.0. The lowest BCUT2D eigenvalue weighted by molar-refractivity contribution is -0.385. The largest absolute Gasteiger partial charge is 0.439 e. The first-order chi connectivity index (χ1) is 9.60. The van der Waals surface area contributed by atoms with Gasteiger partial charge in [-0.2, -0.15) is 0 Å². The van der Waals surface area contributed by atoms with Gasteiger partial charge in [-0.1, -0.05) is 12.1 Å². The minimum atomic E-state index is -0.450. The smallest absolute Gasteiger partial charge is 0.279 e. The van der Waals surface area contributed by atoms with E-state index in [0.717, 1.165) is 12.0 Å². The molecule has 0 radical (unpaired) electrons. The fourth-order valence-corrected chi connectivity index (χ4v) is 1.76. The summed E-state index contributed by atoms with van der Waals surface area (Å²) in [5.41, 5.74) is 7.09. The molecule has 0 bridgehead atoms. The quantitative estimate of drug-likeness (QED) is 0.667. The van der Waals surface area contributed by atoms with E-state index in [1.807, 2.05) is 12.1 Å². The summed E-state index contributed by atoms with van der Waals surface area (Å²) in [6.07, 6.45) is 2.23. The van der Waals surface area contributed by atoms with Crippen LogP contribution in [0.4, 0.5) is 5.69 Å². The molecule has 6 heteroatoms. The Morgan fingerprint density at radius 2 is 2.05 bits per heavy atom. The Morgan fingerprint density at radius 3 is 2.65 bits per heavy atom. The van der Waals surface area contributed by atoms with Crippen LogP contribution in [0.5, 0.6) is 11.6 Å². The maximum absolute atomic E-state index is 10.9. The van der Waals surface area contributed by atoms with Gasteiger partial charge in [-0.15, -0.1) is 0 Å². The van der Waals surface area contributed by atoms with Crippen LogP contribution < -0.4 is 10.5 Å². The number of nitrogens with two attached hydrogens (primary N) is 1. The molecule has 0 unspecified atom stereocenters. The van der Waals surface area contributed by atoms with Gasteiger partial charge in [-0.05, 0) is 37.6 Å². The number of nitro groups is 1. The van der Waals surface area contributed by atoms with Crippen LogP contribution in [0.15, 0.2) is 36.5 Å². The Kier molecular flexibility index (Phi) is 4.27. The van der Waals surface area contributed by atoms with Crippen molar-refractivity contribution in [2.45, 2.75) is 13.3 Å². The first-order valence-electron chi connectivity index (χ1n) is 6.18. The molecule has 2 aromatic rings. The molecule has 0 atom stereocenters. The second kappa shape index (κ2) is 6.12. The second-order valence-corrected chi connectivity index (χ2v) is 4.35. The standard InChI is InChI=1S/C14H15N3O3/c1-10-9-16-14(8-13(10)17(18)19)20-12-4-2-11(3-5-12)6-7-15/h2-5,8-9H,6-7,15H2,1H3. The molecule has 0 fully saturated rings. The Balaban J connectivity index is 2.17. The van der Waals surface area contributed by atoms with Crippen molar-refractivity contribution in [2.75, 3.05) is 6.54 Å². The van der Waals surface area contributed by atoms with Crippen molar-refractivity contribution in [1.29, 1.82) is 0 Å². The third kappa shape index (κ3) is 3.30. The average Bonchev–Trinajstić information content (AvgIpc) is 2.43. The van der Waals surface area contributed by atoms with Crippen LogP contribution in [0.3, 0.4) is 0 Å². The van der Waals surface area contributed by atoms with Gasteiger partial charge in [0.25, 0.3) is 5.69 Å². The summed E-state index contributed by atoms with van der Waals surface area (Å²) in [5.74, 6) is 0.783.